The third kappa shape index (κ3) is 2.76. The molecule has 1 atom stereocenters. The van der Waals surface area contributed by atoms with Crippen molar-refractivity contribution in [1.82, 2.24) is 5.43 Å². The van der Waals surface area contributed by atoms with E-state index in [2.05, 4.69) is 17.6 Å². The van der Waals surface area contributed by atoms with Crippen molar-refractivity contribution in [1.29, 1.82) is 0 Å². The van der Waals surface area contributed by atoms with Crippen LogP contribution in [0.4, 0.5) is 0 Å². The first-order valence-electron chi connectivity index (χ1n) is 6.03. The van der Waals surface area contributed by atoms with Gasteiger partial charge in [0.2, 0.25) is 0 Å². The van der Waals surface area contributed by atoms with E-state index in [-0.39, 0.29) is 6.04 Å². The smallest absolute Gasteiger partial charge is 0.0488 e. The van der Waals surface area contributed by atoms with Gasteiger partial charge >= 0.3 is 0 Å². The summed E-state index contributed by atoms with van der Waals surface area (Å²) >= 11 is 5.89. The molecule has 2 nitrogen and oxygen atoms in total. The fraction of sp³-hybridized carbons (Fsp3) is 0.538. The van der Waals surface area contributed by atoms with Crippen molar-refractivity contribution in [3.8, 4) is 0 Å². The molecule has 0 aromatic heterocycles. The second-order valence-electron chi connectivity index (χ2n) is 4.59. The molecule has 0 amide bonds. The van der Waals surface area contributed by atoms with Crippen LogP contribution in [-0.2, 0) is 0 Å². The summed E-state index contributed by atoms with van der Waals surface area (Å²) in [5, 5.41) is 0.781. The van der Waals surface area contributed by atoms with Crippen LogP contribution in [0.1, 0.15) is 43.7 Å². The van der Waals surface area contributed by atoms with E-state index in [9.17, 15) is 0 Å². The molecular formula is C13H19ClN2. The molecule has 1 aromatic carbocycles. The van der Waals surface area contributed by atoms with Crippen molar-refractivity contribution in [2.24, 2.45) is 11.8 Å². The molecule has 0 saturated heterocycles. The number of rotatable bonds is 3. The van der Waals surface area contributed by atoms with E-state index in [4.69, 9.17) is 17.4 Å². The van der Waals surface area contributed by atoms with Crippen LogP contribution in [0, 0.1) is 5.92 Å². The van der Waals surface area contributed by atoms with E-state index >= 15 is 0 Å². The fourth-order valence-electron chi connectivity index (χ4n) is 2.64. The Labute approximate surface area is 102 Å². The molecule has 3 heteroatoms. The SMILES string of the molecule is NNC(c1ccc(Cl)cc1)C1CCCCC1. The summed E-state index contributed by atoms with van der Waals surface area (Å²) < 4.78 is 0. The molecule has 1 aromatic rings. The summed E-state index contributed by atoms with van der Waals surface area (Å²) in [4.78, 5) is 0. The van der Waals surface area contributed by atoms with Gasteiger partial charge in [-0.1, -0.05) is 43.0 Å². The van der Waals surface area contributed by atoms with Gasteiger partial charge in [-0.3, -0.25) is 11.3 Å². The maximum atomic E-state index is 5.89. The molecule has 88 valence electrons. The Morgan fingerprint density at radius 3 is 2.31 bits per heavy atom. The minimum absolute atomic E-state index is 0.276. The van der Waals surface area contributed by atoms with Gasteiger partial charge in [-0.15, -0.1) is 0 Å². The van der Waals surface area contributed by atoms with E-state index in [1.807, 2.05) is 12.1 Å². The van der Waals surface area contributed by atoms with Crippen molar-refractivity contribution < 1.29 is 0 Å². The third-order valence-electron chi connectivity index (χ3n) is 3.53. The number of hydrogen-bond donors (Lipinski definition) is 2. The van der Waals surface area contributed by atoms with Gasteiger partial charge in [0.25, 0.3) is 0 Å². The second kappa shape index (κ2) is 5.67. The molecule has 0 aliphatic heterocycles. The first-order chi connectivity index (χ1) is 7.81. The molecular weight excluding hydrogens is 220 g/mol. The normalized spacial score (nSPS) is 19.6. The van der Waals surface area contributed by atoms with Gasteiger partial charge in [0, 0.05) is 11.1 Å². The topological polar surface area (TPSA) is 38.0 Å². The summed E-state index contributed by atoms with van der Waals surface area (Å²) in [6.45, 7) is 0. The number of benzene rings is 1. The first kappa shape index (κ1) is 11.9. The van der Waals surface area contributed by atoms with E-state index in [1.165, 1.54) is 37.7 Å². The Morgan fingerprint density at radius 2 is 1.75 bits per heavy atom. The quantitative estimate of drug-likeness (QED) is 0.626. The van der Waals surface area contributed by atoms with Crippen molar-refractivity contribution in [3.63, 3.8) is 0 Å². The lowest BCUT2D eigenvalue weighted by Crippen LogP contribution is -2.34. The molecule has 1 aliphatic rings. The monoisotopic (exact) mass is 238 g/mol. The molecule has 0 radical (unpaired) electrons. The molecule has 1 saturated carbocycles. The Balaban J connectivity index is 2.11. The highest BCUT2D eigenvalue weighted by Crippen LogP contribution is 2.34. The van der Waals surface area contributed by atoms with Gasteiger partial charge < -0.3 is 0 Å². The molecule has 0 spiro atoms. The Hall–Kier alpha value is -0.570. The summed E-state index contributed by atoms with van der Waals surface area (Å²) in [6.07, 6.45) is 6.58. The lowest BCUT2D eigenvalue weighted by atomic mass is 9.81. The van der Waals surface area contributed by atoms with Gasteiger partial charge in [-0.25, -0.2) is 0 Å². The maximum absolute atomic E-state index is 5.89. The van der Waals surface area contributed by atoms with Crippen LogP contribution in [0.3, 0.4) is 0 Å². The molecule has 1 aliphatic carbocycles. The van der Waals surface area contributed by atoms with Gasteiger partial charge in [0.1, 0.15) is 0 Å². The second-order valence-corrected chi connectivity index (χ2v) is 5.03. The highest BCUT2D eigenvalue weighted by atomic mass is 35.5. The van der Waals surface area contributed by atoms with Crippen molar-refractivity contribution >= 4 is 11.6 Å². The van der Waals surface area contributed by atoms with Crippen molar-refractivity contribution in [2.45, 2.75) is 38.1 Å². The van der Waals surface area contributed by atoms with E-state index in [1.54, 1.807) is 0 Å². The molecule has 16 heavy (non-hydrogen) atoms. The molecule has 3 N–H and O–H groups in total. The molecule has 0 heterocycles. The van der Waals surface area contributed by atoms with Crippen LogP contribution in [0.15, 0.2) is 24.3 Å². The zero-order valence-electron chi connectivity index (χ0n) is 9.45. The standard InChI is InChI=1S/C13H19ClN2/c14-12-8-6-11(7-9-12)13(16-15)10-4-2-1-3-5-10/h6-10,13,16H,1-5,15H2. The Bertz CT molecular complexity index is 317. The number of hydrazine groups is 1. The minimum Gasteiger partial charge on any atom is -0.271 e. The van der Waals surface area contributed by atoms with E-state index in [0.717, 1.165) is 5.02 Å². The zero-order valence-corrected chi connectivity index (χ0v) is 10.2. The van der Waals surface area contributed by atoms with Crippen LogP contribution >= 0.6 is 11.6 Å². The molecule has 2 rings (SSSR count). The molecule has 1 fully saturated rings. The number of nitrogens with two attached hydrogens (primary N) is 1. The van der Waals surface area contributed by atoms with Crippen LogP contribution in [0.5, 0.6) is 0 Å². The highest BCUT2D eigenvalue weighted by Gasteiger charge is 2.23. The average Bonchev–Trinajstić information content (AvgIpc) is 2.34. The summed E-state index contributed by atoms with van der Waals surface area (Å²) in [5.74, 6) is 6.36. The Kier molecular flexibility index (Phi) is 4.22. The lowest BCUT2D eigenvalue weighted by Gasteiger charge is -2.30. The molecule has 0 bridgehead atoms. The molecule has 1 unspecified atom stereocenters. The average molecular weight is 239 g/mol. The van der Waals surface area contributed by atoms with E-state index in [0.29, 0.717) is 5.92 Å². The van der Waals surface area contributed by atoms with Gasteiger partial charge in [0.05, 0.1) is 0 Å². The summed E-state index contributed by atoms with van der Waals surface area (Å²) in [5.41, 5.74) is 4.21. The van der Waals surface area contributed by atoms with E-state index < -0.39 is 0 Å². The number of halogens is 1. The van der Waals surface area contributed by atoms with Crippen LogP contribution < -0.4 is 11.3 Å². The van der Waals surface area contributed by atoms with Crippen molar-refractivity contribution in [2.75, 3.05) is 0 Å². The number of nitrogens with one attached hydrogen (secondary N) is 1. The fourth-order valence-corrected chi connectivity index (χ4v) is 2.77. The zero-order chi connectivity index (χ0) is 11.4. The maximum Gasteiger partial charge on any atom is 0.0488 e. The van der Waals surface area contributed by atoms with Crippen molar-refractivity contribution in [3.05, 3.63) is 34.9 Å². The van der Waals surface area contributed by atoms with Gasteiger partial charge in [-0.05, 0) is 36.5 Å². The summed E-state index contributed by atoms with van der Waals surface area (Å²) in [7, 11) is 0. The van der Waals surface area contributed by atoms with Gasteiger partial charge in [-0.2, -0.15) is 0 Å². The summed E-state index contributed by atoms with van der Waals surface area (Å²) in [6, 6.07) is 8.29. The van der Waals surface area contributed by atoms with Crippen LogP contribution in [0.2, 0.25) is 5.02 Å². The minimum atomic E-state index is 0.276. The highest BCUT2D eigenvalue weighted by molar-refractivity contribution is 6.30. The third-order valence-corrected chi connectivity index (χ3v) is 3.78. The lowest BCUT2D eigenvalue weighted by molar-refractivity contribution is 0.273. The van der Waals surface area contributed by atoms with Crippen LogP contribution in [0.25, 0.3) is 0 Å². The number of hydrogen-bond acceptors (Lipinski definition) is 2. The van der Waals surface area contributed by atoms with Gasteiger partial charge in [0.15, 0.2) is 0 Å². The first-order valence-corrected chi connectivity index (χ1v) is 6.40. The Morgan fingerprint density at radius 1 is 1.12 bits per heavy atom. The largest absolute Gasteiger partial charge is 0.271 e. The van der Waals surface area contributed by atoms with Crippen LogP contribution in [-0.4, -0.2) is 0 Å². The predicted molar refractivity (Wildman–Crippen MR) is 68.1 cm³/mol. The predicted octanol–water partition coefficient (Wildman–Crippen LogP) is 3.42.